The molecule has 3 N–H and O–H groups in total. The normalized spacial score (nSPS) is 28.4. The van der Waals surface area contributed by atoms with E-state index in [9.17, 15) is 4.39 Å². The van der Waals surface area contributed by atoms with Crippen LogP contribution in [0.1, 0.15) is 43.2 Å². The van der Waals surface area contributed by atoms with E-state index in [4.69, 9.17) is 32.0 Å². The maximum Gasteiger partial charge on any atom is 0.319 e. The third kappa shape index (κ3) is 4.15. The Morgan fingerprint density at radius 3 is 2.86 bits per heavy atom. The Balaban J connectivity index is 1.21. The van der Waals surface area contributed by atoms with E-state index in [1.165, 1.54) is 17.8 Å². The molecule has 1 aliphatic carbocycles. The molecule has 2 unspecified atom stereocenters. The lowest BCUT2D eigenvalue weighted by atomic mass is 9.92. The van der Waals surface area contributed by atoms with Crippen molar-refractivity contribution in [2.75, 3.05) is 37.7 Å². The minimum Gasteiger partial charge on any atom is -0.461 e. The molecule has 0 saturated carbocycles. The second kappa shape index (κ2) is 9.93. The van der Waals surface area contributed by atoms with Gasteiger partial charge >= 0.3 is 6.01 Å². The van der Waals surface area contributed by atoms with Crippen molar-refractivity contribution in [1.82, 2.24) is 20.2 Å². The van der Waals surface area contributed by atoms with Crippen molar-refractivity contribution >= 4 is 51.7 Å². The zero-order chi connectivity index (χ0) is 29.7. The van der Waals surface area contributed by atoms with Gasteiger partial charge in [0.2, 0.25) is 0 Å². The third-order valence-corrected chi connectivity index (χ3v) is 11.5. The molecular weight excluding hydrogens is 602 g/mol. The van der Waals surface area contributed by atoms with Gasteiger partial charge in [-0.05, 0) is 67.6 Å². The summed E-state index contributed by atoms with van der Waals surface area (Å²) < 4.78 is 36.0. The predicted octanol–water partition coefficient (Wildman–Crippen LogP) is 5.90. The number of nitrogens with zero attached hydrogens (tertiary/aromatic N) is 4. The summed E-state index contributed by atoms with van der Waals surface area (Å²) in [6.07, 6.45) is 7.55. The van der Waals surface area contributed by atoms with Crippen molar-refractivity contribution in [2.24, 2.45) is 5.73 Å². The maximum absolute atomic E-state index is 15.1. The van der Waals surface area contributed by atoms with Gasteiger partial charge in [-0.15, -0.1) is 5.73 Å². The topological polar surface area (TPSA) is 79.5 Å². The molecule has 44 heavy (non-hydrogen) atoms. The first kappa shape index (κ1) is 27.2. The predicted molar refractivity (Wildman–Crippen MR) is 170 cm³/mol. The Labute approximate surface area is 263 Å². The van der Waals surface area contributed by atoms with Crippen molar-refractivity contribution in [2.45, 2.75) is 60.8 Å². The number of benzene rings is 2. The zero-order valence-electron chi connectivity index (χ0n) is 24.0. The number of alkyl halides is 1. The number of anilines is 1. The Kier molecular flexibility index (Phi) is 6.14. The van der Waals surface area contributed by atoms with Gasteiger partial charge in [-0.2, -0.15) is 9.97 Å². The Bertz CT molecular complexity index is 1850. The molecule has 1 aromatic heterocycles. The van der Waals surface area contributed by atoms with E-state index >= 15 is 4.39 Å². The lowest BCUT2D eigenvalue weighted by molar-refractivity contribution is 0.107. The van der Waals surface area contributed by atoms with Crippen LogP contribution in [0, 0.1) is 5.82 Å². The highest BCUT2D eigenvalue weighted by atomic mass is 35.5. The van der Waals surface area contributed by atoms with Crippen LogP contribution in [0.4, 0.5) is 14.6 Å². The van der Waals surface area contributed by atoms with Crippen LogP contribution >= 0.6 is 23.4 Å². The van der Waals surface area contributed by atoms with Crippen LogP contribution in [-0.4, -0.2) is 71.4 Å². The number of piperazine rings is 1. The molecule has 11 heteroatoms. The summed E-state index contributed by atoms with van der Waals surface area (Å²) in [6.45, 7) is 3.33. The number of nitrogens with two attached hydrogens (primary N) is 1. The van der Waals surface area contributed by atoms with Gasteiger partial charge in [0.25, 0.3) is 0 Å². The van der Waals surface area contributed by atoms with Crippen molar-refractivity contribution in [3.63, 3.8) is 0 Å². The maximum atomic E-state index is 15.1. The quantitative estimate of drug-likeness (QED) is 0.344. The second-order valence-electron chi connectivity index (χ2n) is 12.9. The fourth-order valence-corrected chi connectivity index (χ4v) is 9.54. The number of nitrogens with one attached hydrogen (secondary N) is 1. The highest BCUT2D eigenvalue weighted by Crippen LogP contribution is 2.50. The molecule has 6 heterocycles. The van der Waals surface area contributed by atoms with Crippen LogP contribution in [-0.2, 0) is 0 Å². The molecule has 0 amide bonds. The van der Waals surface area contributed by atoms with Crippen molar-refractivity contribution < 1.29 is 13.5 Å². The van der Waals surface area contributed by atoms with E-state index < -0.39 is 6.17 Å². The monoisotopic (exact) mass is 632 g/mol. The van der Waals surface area contributed by atoms with Crippen LogP contribution in [0.15, 0.2) is 39.9 Å². The fourth-order valence-electron chi connectivity index (χ4n) is 8.29. The molecule has 9 rings (SSSR count). The van der Waals surface area contributed by atoms with Crippen LogP contribution in [0.2, 0.25) is 5.02 Å². The second-order valence-corrected chi connectivity index (χ2v) is 14.4. The summed E-state index contributed by atoms with van der Waals surface area (Å²) in [4.78, 5) is 15.0. The van der Waals surface area contributed by atoms with Gasteiger partial charge in [-0.25, -0.2) is 8.78 Å². The number of allylic oxidation sites excluding steroid dienone is 2. The average Bonchev–Trinajstić information content (AvgIpc) is 3.61. The molecule has 2 aromatic carbocycles. The van der Waals surface area contributed by atoms with E-state index in [-0.39, 0.29) is 17.4 Å². The average molecular weight is 633 g/mol. The minimum absolute atomic E-state index is 0.249. The van der Waals surface area contributed by atoms with E-state index in [0.29, 0.717) is 52.1 Å². The van der Waals surface area contributed by atoms with Gasteiger partial charge in [0, 0.05) is 60.2 Å². The smallest absolute Gasteiger partial charge is 0.319 e. The largest absolute Gasteiger partial charge is 0.461 e. The number of ether oxygens (including phenoxy) is 1. The van der Waals surface area contributed by atoms with Crippen molar-refractivity contribution in [1.29, 1.82) is 0 Å². The lowest BCUT2D eigenvalue weighted by Gasteiger charge is -2.35. The Morgan fingerprint density at radius 2 is 2.02 bits per heavy atom. The first-order valence-electron chi connectivity index (χ1n) is 15.4. The SMILES string of the molecule is NC1=CC2=C=Cc3cc4c(N5CC6CCC(C5)N6)nc(OC[C@@]56CCCN5C[C@H](F)C6)nc4c(Cl)c3-c3ccc(F)c(c32)S1. The number of thioether (sulfide) groups is 1. The van der Waals surface area contributed by atoms with Crippen LogP contribution in [0.25, 0.3) is 33.7 Å². The summed E-state index contributed by atoms with van der Waals surface area (Å²) in [5.41, 5.74) is 13.7. The molecule has 4 fully saturated rings. The molecule has 7 nitrogen and oxygen atoms in total. The molecule has 0 radical (unpaired) electrons. The van der Waals surface area contributed by atoms with Gasteiger partial charge in [0.1, 0.15) is 24.4 Å². The molecule has 2 bridgehead atoms. The van der Waals surface area contributed by atoms with Gasteiger partial charge in [-0.1, -0.05) is 29.4 Å². The fraction of sp³-hybridized carbons (Fsp3) is 0.424. The first-order valence-corrected chi connectivity index (χ1v) is 16.6. The van der Waals surface area contributed by atoms with E-state index in [1.807, 2.05) is 12.2 Å². The minimum atomic E-state index is -0.843. The molecule has 6 aliphatic rings. The molecule has 5 aliphatic heterocycles. The van der Waals surface area contributed by atoms with E-state index in [0.717, 1.165) is 84.3 Å². The summed E-state index contributed by atoms with van der Waals surface area (Å²) in [6, 6.07) is 6.35. The lowest BCUT2D eigenvalue weighted by Crippen LogP contribution is -2.51. The van der Waals surface area contributed by atoms with Crippen LogP contribution < -0.4 is 20.7 Å². The third-order valence-electron chi connectivity index (χ3n) is 10.2. The Hall–Kier alpha value is -3.14. The van der Waals surface area contributed by atoms with Gasteiger partial charge in [0.15, 0.2) is 0 Å². The van der Waals surface area contributed by atoms with Gasteiger partial charge in [-0.3, -0.25) is 4.90 Å². The highest BCUT2D eigenvalue weighted by Gasteiger charge is 2.49. The molecular formula is C33H31ClF2N6OS. The summed E-state index contributed by atoms with van der Waals surface area (Å²) in [5, 5.41) is 5.50. The Morgan fingerprint density at radius 1 is 1.18 bits per heavy atom. The number of hydrogen-bond acceptors (Lipinski definition) is 8. The van der Waals surface area contributed by atoms with E-state index in [2.05, 4.69) is 26.9 Å². The molecule has 3 aromatic rings. The summed E-state index contributed by atoms with van der Waals surface area (Å²) >= 11 is 8.56. The summed E-state index contributed by atoms with van der Waals surface area (Å²) in [5.74, 6) is 0.454. The number of halogens is 3. The number of rotatable bonds is 4. The standard InChI is InChI=1S/C33H31ClF2N6OS/c34-28-26-17(2-3-18-11-25(37)44-30-24(36)7-6-22(26)27(18)30)10-23-29(28)39-32(40-31(23)41-14-20-4-5-21(15-41)38-20)43-16-33-8-1-9-42(33)13-19(35)12-33/h2,6-7,10-11,19-21,38H,1,4-5,8-9,12-16,37H2/t19-,20?,21?,33+/m1/s1. The summed E-state index contributed by atoms with van der Waals surface area (Å²) in [7, 11) is 0. The van der Waals surface area contributed by atoms with Gasteiger partial charge in [0.05, 0.1) is 26.0 Å². The number of fused-ring (bicyclic) bond motifs is 6. The molecule has 4 saturated heterocycles. The van der Waals surface area contributed by atoms with E-state index in [1.54, 1.807) is 6.07 Å². The zero-order valence-corrected chi connectivity index (χ0v) is 25.6. The number of aromatic nitrogens is 2. The van der Waals surface area contributed by atoms with Crippen molar-refractivity contribution in [3.8, 4) is 17.1 Å². The highest BCUT2D eigenvalue weighted by molar-refractivity contribution is 8.03. The van der Waals surface area contributed by atoms with Gasteiger partial charge < -0.3 is 20.7 Å². The molecule has 4 atom stereocenters. The molecule has 226 valence electrons. The van der Waals surface area contributed by atoms with Crippen molar-refractivity contribution in [3.05, 3.63) is 57.0 Å². The van der Waals surface area contributed by atoms with Crippen LogP contribution in [0.3, 0.4) is 0 Å². The number of hydrogen-bond donors (Lipinski definition) is 2. The van der Waals surface area contributed by atoms with Crippen LogP contribution in [0.5, 0.6) is 6.01 Å². The molecule has 0 spiro atoms. The first-order chi connectivity index (χ1) is 21.3.